The van der Waals surface area contributed by atoms with Crippen molar-refractivity contribution in [1.82, 2.24) is 4.90 Å². The highest BCUT2D eigenvalue weighted by Crippen LogP contribution is 2.28. The van der Waals surface area contributed by atoms with Gasteiger partial charge in [0.2, 0.25) is 0 Å². The number of carbonyl (C=O) groups excluding carboxylic acids is 2. The molecule has 0 aliphatic carbocycles. The number of aryl methyl sites for hydroxylation is 1. The zero-order valence-electron chi connectivity index (χ0n) is 16.0. The second kappa shape index (κ2) is 8.31. The van der Waals surface area contributed by atoms with E-state index in [4.69, 9.17) is 4.74 Å². The van der Waals surface area contributed by atoms with Gasteiger partial charge >= 0.3 is 0 Å². The SMILES string of the molecule is Cc1ccc(C(OCCN2C(=O)c3ccccc3C2=O)c2ccc(Br)cc2)cc1. The van der Waals surface area contributed by atoms with E-state index in [1.165, 1.54) is 10.5 Å². The number of fused-ring (bicyclic) bond motifs is 1. The van der Waals surface area contributed by atoms with Gasteiger partial charge in [0.25, 0.3) is 11.8 Å². The predicted molar refractivity (Wildman–Crippen MR) is 115 cm³/mol. The number of nitrogens with zero attached hydrogens (tertiary/aromatic N) is 1. The molecule has 3 aromatic rings. The Morgan fingerprint density at radius 2 is 1.34 bits per heavy atom. The van der Waals surface area contributed by atoms with E-state index in [1.54, 1.807) is 24.3 Å². The Morgan fingerprint density at radius 1 is 0.828 bits per heavy atom. The van der Waals surface area contributed by atoms with Crippen molar-refractivity contribution in [1.29, 1.82) is 0 Å². The van der Waals surface area contributed by atoms with E-state index in [9.17, 15) is 9.59 Å². The smallest absolute Gasteiger partial charge is 0.261 e. The molecular formula is C24H20BrNO3. The zero-order chi connectivity index (χ0) is 20.4. The minimum Gasteiger partial charge on any atom is -0.367 e. The molecule has 0 radical (unpaired) electrons. The summed E-state index contributed by atoms with van der Waals surface area (Å²) in [6.45, 7) is 2.51. The van der Waals surface area contributed by atoms with Crippen molar-refractivity contribution in [2.45, 2.75) is 13.0 Å². The van der Waals surface area contributed by atoms with Gasteiger partial charge in [-0.25, -0.2) is 0 Å². The van der Waals surface area contributed by atoms with Crippen LogP contribution in [-0.4, -0.2) is 29.9 Å². The van der Waals surface area contributed by atoms with Gasteiger partial charge in [0.15, 0.2) is 0 Å². The van der Waals surface area contributed by atoms with Gasteiger partial charge in [-0.1, -0.05) is 70.0 Å². The largest absolute Gasteiger partial charge is 0.367 e. The van der Waals surface area contributed by atoms with Gasteiger partial charge in [-0.2, -0.15) is 0 Å². The highest BCUT2D eigenvalue weighted by atomic mass is 79.9. The van der Waals surface area contributed by atoms with Crippen LogP contribution >= 0.6 is 15.9 Å². The van der Waals surface area contributed by atoms with Crippen LogP contribution in [-0.2, 0) is 4.74 Å². The van der Waals surface area contributed by atoms with Gasteiger partial charge in [-0.05, 0) is 42.3 Å². The molecule has 146 valence electrons. The van der Waals surface area contributed by atoms with E-state index < -0.39 is 0 Å². The van der Waals surface area contributed by atoms with Gasteiger partial charge in [0.05, 0.1) is 24.3 Å². The van der Waals surface area contributed by atoms with E-state index >= 15 is 0 Å². The number of benzene rings is 3. The van der Waals surface area contributed by atoms with Crippen LogP contribution in [0.5, 0.6) is 0 Å². The monoisotopic (exact) mass is 449 g/mol. The maximum atomic E-state index is 12.5. The van der Waals surface area contributed by atoms with E-state index in [0.717, 1.165) is 15.6 Å². The average molecular weight is 450 g/mol. The van der Waals surface area contributed by atoms with Crippen LogP contribution in [0.25, 0.3) is 0 Å². The molecule has 29 heavy (non-hydrogen) atoms. The van der Waals surface area contributed by atoms with Crippen LogP contribution in [0.4, 0.5) is 0 Å². The lowest BCUT2D eigenvalue weighted by Gasteiger charge is -2.21. The molecule has 1 aliphatic rings. The Bertz CT molecular complexity index is 964. The maximum absolute atomic E-state index is 12.5. The standard InChI is InChI=1S/C24H20BrNO3/c1-16-6-8-17(9-7-16)22(18-10-12-19(25)13-11-18)29-15-14-26-23(27)20-4-2-3-5-21(20)24(26)28/h2-13,22H,14-15H2,1H3. The molecular weight excluding hydrogens is 430 g/mol. The number of amides is 2. The van der Waals surface area contributed by atoms with Crippen molar-refractivity contribution in [2.24, 2.45) is 0 Å². The number of carbonyl (C=O) groups is 2. The lowest BCUT2D eigenvalue weighted by Crippen LogP contribution is -2.33. The maximum Gasteiger partial charge on any atom is 0.261 e. The molecule has 1 aliphatic heterocycles. The Morgan fingerprint density at radius 3 is 1.90 bits per heavy atom. The first kappa shape index (κ1) is 19.6. The van der Waals surface area contributed by atoms with Gasteiger partial charge in [0, 0.05) is 4.47 Å². The number of halogens is 1. The second-order valence-electron chi connectivity index (χ2n) is 7.02. The Balaban J connectivity index is 1.50. The van der Waals surface area contributed by atoms with Crippen molar-refractivity contribution in [3.8, 4) is 0 Å². The third-order valence-electron chi connectivity index (χ3n) is 5.03. The van der Waals surface area contributed by atoms with Crippen molar-refractivity contribution < 1.29 is 14.3 Å². The van der Waals surface area contributed by atoms with Crippen LogP contribution in [0.15, 0.2) is 77.3 Å². The highest BCUT2D eigenvalue weighted by molar-refractivity contribution is 9.10. The normalized spacial score (nSPS) is 14.2. The summed E-state index contributed by atoms with van der Waals surface area (Å²) in [5.41, 5.74) is 4.13. The van der Waals surface area contributed by atoms with Crippen LogP contribution in [0.2, 0.25) is 0 Å². The van der Waals surface area contributed by atoms with Crippen molar-refractivity contribution in [3.63, 3.8) is 0 Å². The molecule has 3 aromatic carbocycles. The lowest BCUT2D eigenvalue weighted by atomic mass is 10.0. The van der Waals surface area contributed by atoms with Gasteiger partial charge in [-0.3, -0.25) is 14.5 Å². The van der Waals surface area contributed by atoms with Crippen LogP contribution in [0.1, 0.15) is 43.5 Å². The molecule has 0 fully saturated rings. The minimum atomic E-state index is -0.279. The fourth-order valence-electron chi connectivity index (χ4n) is 3.47. The molecule has 1 atom stereocenters. The van der Waals surface area contributed by atoms with Crippen molar-refractivity contribution in [2.75, 3.05) is 13.2 Å². The summed E-state index contributed by atoms with van der Waals surface area (Å²) in [6.07, 6.45) is -0.279. The molecule has 1 heterocycles. The van der Waals surface area contributed by atoms with Crippen LogP contribution < -0.4 is 0 Å². The van der Waals surface area contributed by atoms with Gasteiger partial charge < -0.3 is 4.74 Å². The minimum absolute atomic E-state index is 0.214. The fraction of sp³-hybridized carbons (Fsp3) is 0.167. The molecule has 4 nitrogen and oxygen atoms in total. The van der Waals surface area contributed by atoms with Crippen molar-refractivity contribution in [3.05, 3.63) is 105 Å². The molecule has 0 aromatic heterocycles. The molecule has 0 spiro atoms. The Hall–Kier alpha value is -2.76. The average Bonchev–Trinajstić information content (AvgIpc) is 2.98. The van der Waals surface area contributed by atoms with Gasteiger partial charge in [-0.15, -0.1) is 0 Å². The first-order valence-corrected chi connectivity index (χ1v) is 10.2. The second-order valence-corrected chi connectivity index (χ2v) is 7.94. The number of imide groups is 1. The van der Waals surface area contributed by atoms with E-state index in [-0.39, 0.29) is 31.1 Å². The summed E-state index contributed by atoms with van der Waals surface area (Å²) in [5, 5.41) is 0. The summed E-state index contributed by atoms with van der Waals surface area (Å²) < 4.78 is 7.19. The van der Waals surface area contributed by atoms with Crippen LogP contribution in [0, 0.1) is 6.92 Å². The first-order chi connectivity index (χ1) is 14.0. The quantitative estimate of drug-likeness (QED) is 0.488. The first-order valence-electron chi connectivity index (χ1n) is 9.43. The van der Waals surface area contributed by atoms with Gasteiger partial charge in [0.1, 0.15) is 6.10 Å². The molecule has 2 amide bonds. The number of hydrogen-bond acceptors (Lipinski definition) is 3. The molecule has 4 rings (SSSR count). The fourth-order valence-corrected chi connectivity index (χ4v) is 3.73. The van der Waals surface area contributed by atoms with E-state index in [0.29, 0.717) is 11.1 Å². The summed E-state index contributed by atoms with van der Waals surface area (Å²) in [4.78, 5) is 26.3. The molecule has 5 heteroatoms. The molecule has 1 unspecified atom stereocenters. The summed E-state index contributed by atoms with van der Waals surface area (Å²) in [6, 6.07) is 23.1. The van der Waals surface area contributed by atoms with E-state index in [2.05, 4.69) is 28.1 Å². The lowest BCUT2D eigenvalue weighted by molar-refractivity contribution is 0.0453. The van der Waals surface area contributed by atoms with Crippen molar-refractivity contribution >= 4 is 27.7 Å². The molecule has 0 bridgehead atoms. The topological polar surface area (TPSA) is 46.6 Å². The van der Waals surface area contributed by atoms with E-state index in [1.807, 2.05) is 43.3 Å². The summed E-state index contributed by atoms with van der Waals surface area (Å²) in [7, 11) is 0. The van der Waals surface area contributed by atoms with Crippen LogP contribution in [0.3, 0.4) is 0 Å². The summed E-state index contributed by atoms with van der Waals surface area (Å²) >= 11 is 3.46. The molecule has 0 saturated heterocycles. The Kier molecular flexibility index (Phi) is 5.60. The number of rotatable bonds is 6. The third kappa shape index (κ3) is 4.02. The highest BCUT2D eigenvalue weighted by Gasteiger charge is 2.34. The predicted octanol–water partition coefficient (Wildman–Crippen LogP) is 5.16. The Labute approximate surface area is 178 Å². The molecule has 0 saturated carbocycles. The number of ether oxygens (including phenoxy) is 1. The third-order valence-corrected chi connectivity index (χ3v) is 5.56. The number of hydrogen-bond donors (Lipinski definition) is 0. The molecule has 0 N–H and O–H groups in total. The summed E-state index contributed by atoms with van der Waals surface area (Å²) in [5.74, 6) is -0.519. The zero-order valence-corrected chi connectivity index (χ0v) is 17.6.